The van der Waals surface area contributed by atoms with E-state index in [0.717, 1.165) is 28.2 Å². The Bertz CT molecular complexity index is 1230. The SMILES string of the molecule is Cc1ccc(-c2nc3c(C)cccn3c2CC(=O)N2CCN(C(=O)OC(C)(C)C)CC2)cc1C. The van der Waals surface area contributed by atoms with Crippen molar-refractivity contribution >= 4 is 17.6 Å². The molecule has 34 heavy (non-hydrogen) atoms. The van der Waals surface area contributed by atoms with Crippen LogP contribution >= 0.6 is 0 Å². The van der Waals surface area contributed by atoms with Gasteiger partial charge in [-0.15, -0.1) is 0 Å². The van der Waals surface area contributed by atoms with Crippen molar-refractivity contribution in [2.24, 2.45) is 0 Å². The molecule has 0 atom stereocenters. The van der Waals surface area contributed by atoms with Crippen LogP contribution < -0.4 is 0 Å². The maximum absolute atomic E-state index is 13.4. The fraction of sp³-hybridized carbons (Fsp3) is 0.444. The van der Waals surface area contributed by atoms with Gasteiger partial charge in [0.1, 0.15) is 11.2 Å². The van der Waals surface area contributed by atoms with Gasteiger partial charge in [0.15, 0.2) is 0 Å². The molecule has 1 saturated heterocycles. The van der Waals surface area contributed by atoms with Crippen molar-refractivity contribution in [3.05, 3.63) is 58.9 Å². The summed E-state index contributed by atoms with van der Waals surface area (Å²) in [5, 5.41) is 0. The lowest BCUT2D eigenvalue weighted by Crippen LogP contribution is -2.52. The highest BCUT2D eigenvalue weighted by Gasteiger charge is 2.29. The Balaban J connectivity index is 1.56. The lowest BCUT2D eigenvalue weighted by Gasteiger charge is -2.35. The molecule has 180 valence electrons. The number of aromatic nitrogens is 2. The van der Waals surface area contributed by atoms with Gasteiger partial charge in [-0.05, 0) is 70.4 Å². The first-order valence-corrected chi connectivity index (χ1v) is 11.8. The summed E-state index contributed by atoms with van der Waals surface area (Å²) in [5.74, 6) is 0.0391. The quantitative estimate of drug-likeness (QED) is 0.573. The second kappa shape index (κ2) is 9.12. The lowest BCUT2D eigenvalue weighted by atomic mass is 10.0. The number of ether oxygens (including phenoxy) is 1. The molecule has 2 amide bonds. The highest BCUT2D eigenvalue weighted by molar-refractivity contribution is 5.82. The number of piperazine rings is 1. The van der Waals surface area contributed by atoms with Crippen LogP contribution in [0.2, 0.25) is 0 Å². The predicted molar refractivity (Wildman–Crippen MR) is 133 cm³/mol. The minimum absolute atomic E-state index is 0.0391. The molecule has 0 aliphatic carbocycles. The van der Waals surface area contributed by atoms with Gasteiger partial charge in [0.2, 0.25) is 5.91 Å². The zero-order valence-corrected chi connectivity index (χ0v) is 21.0. The van der Waals surface area contributed by atoms with Crippen molar-refractivity contribution < 1.29 is 14.3 Å². The first-order chi connectivity index (χ1) is 16.0. The van der Waals surface area contributed by atoms with Crippen molar-refractivity contribution in [2.45, 2.75) is 53.6 Å². The van der Waals surface area contributed by atoms with Crippen molar-refractivity contribution in [3.63, 3.8) is 0 Å². The number of benzene rings is 1. The molecule has 1 aliphatic rings. The highest BCUT2D eigenvalue weighted by Crippen LogP contribution is 2.28. The average Bonchev–Trinajstić information content (AvgIpc) is 3.14. The van der Waals surface area contributed by atoms with Gasteiger partial charge in [0.05, 0.1) is 17.8 Å². The molecule has 3 heterocycles. The maximum Gasteiger partial charge on any atom is 0.410 e. The van der Waals surface area contributed by atoms with E-state index in [4.69, 9.17) is 9.72 Å². The van der Waals surface area contributed by atoms with E-state index in [-0.39, 0.29) is 18.4 Å². The molecule has 1 fully saturated rings. The molecule has 4 rings (SSSR count). The number of imidazole rings is 1. The largest absolute Gasteiger partial charge is 0.444 e. The molecule has 7 heteroatoms. The van der Waals surface area contributed by atoms with Crippen molar-refractivity contribution in [1.29, 1.82) is 0 Å². The maximum atomic E-state index is 13.4. The number of amides is 2. The van der Waals surface area contributed by atoms with E-state index in [1.807, 2.05) is 55.3 Å². The topological polar surface area (TPSA) is 67.2 Å². The number of rotatable bonds is 3. The Morgan fingerprint density at radius 2 is 1.62 bits per heavy atom. The first-order valence-electron chi connectivity index (χ1n) is 11.8. The number of fused-ring (bicyclic) bond motifs is 1. The van der Waals surface area contributed by atoms with Crippen molar-refractivity contribution in [1.82, 2.24) is 19.2 Å². The van der Waals surface area contributed by atoms with Crippen LogP contribution in [0.5, 0.6) is 0 Å². The van der Waals surface area contributed by atoms with Crippen LogP contribution in [0.15, 0.2) is 36.5 Å². The zero-order chi connectivity index (χ0) is 24.6. The molecule has 0 unspecified atom stereocenters. The van der Waals surface area contributed by atoms with Crippen molar-refractivity contribution in [2.75, 3.05) is 26.2 Å². The lowest BCUT2D eigenvalue weighted by molar-refractivity contribution is -0.132. The first kappa shape index (κ1) is 23.8. The fourth-order valence-corrected chi connectivity index (χ4v) is 4.26. The van der Waals surface area contributed by atoms with E-state index in [9.17, 15) is 9.59 Å². The smallest absolute Gasteiger partial charge is 0.410 e. The molecule has 3 aromatic rings. The molecular formula is C27H34N4O3. The number of hydrogen-bond donors (Lipinski definition) is 0. The van der Waals surface area contributed by atoms with Crippen LogP contribution in [-0.2, 0) is 16.0 Å². The van der Waals surface area contributed by atoms with Crippen LogP contribution in [-0.4, -0.2) is 63.0 Å². The third-order valence-electron chi connectivity index (χ3n) is 6.33. The Kier molecular flexibility index (Phi) is 6.39. The van der Waals surface area contributed by atoms with E-state index in [2.05, 4.69) is 32.0 Å². The third kappa shape index (κ3) is 4.93. The predicted octanol–water partition coefficient (Wildman–Crippen LogP) is 4.55. The summed E-state index contributed by atoms with van der Waals surface area (Å²) >= 11 is 0. The second-order valence-corrected chi connectivity index (χ2v) is 10.1. The summed E-state index contributed by atoms with van der Waals surface area (Å²) in [6.45, 7) is 13.7. The molecule has 0 N–H and O–H groups in total. The fourth-order valence-electron chi connectivity index (χ4n) is 4.26. The molecule has 1 aromatic carbocycles. The van der Waals surface area contributed by atoms with Gasteiger partial charge in [-0.3, -0.25) is 4.79 Å². The van der Waals surface area contributed by atoms with E-state index in [0.29, 0.717) is 26.2 Å². The van der Waals surface area contributed by atoms with Crippen LogP contribution in [0.1, 0.15) is 43.2 Å². The number of hydrogen-bond acceptors (Lipinski definition) is 4. The summed E-state index contributed by atoms with van der Waals surface area (Å²) in [6, 6.07) is 10.3. The number of nitrogens with zero attached hydrogens (tertiary/aromatic N) is 4. The van der Waals surface area contributed by atoms with E-state index >= 15 is 0 Å². The molecule has 1 aliphatic heterocycles. The van der Waals surface area contributed by atoms with Crippen LogP contribution in [0.3, 0.4) is 0 Å². The Labute approximate surface area is 201 Å². The van der Waals surface area contributed by atoms with E-state index < -0.39 is 5.60 Å². The molecule has 0 bridgehead atoms. The number of pyridine rings is 1. The number of carbonyl (C=O) groups is 2. The Hall–Kier alpha value is -3.35. The molecule has 0 radical (unpaired) electrons. The Morgan fingerprint density at radius 1 is 0.941 bits per heavy atom. The van der Waals surface area contributed by atoms with Gasteiger partial charge in [0, 0.05) is 37.9 Å². The van der Waals surface area contributed by atoms with Gasteiger partial charge in [0.25, 0.3) is 0 Å². The highest BCUT2D eigenvalue weighted by atomic mass is 16.6. The Morgan fingerprint density at radius 3 is 2.26 bits per heavy atom. The molecular weight excluding hydrogens is 428 g/mol. The van der Waals surface area contributed by atoms with Gasteiger partial charge >= 0.3 is 6.09 Å². The van der Waals surface area contributed by atoms with Crippen LogP contribution in [0.4, 0.5) is 4.79 Å². The molecule has 7 nitrogen and oxygen atoms in total. The summed E-state index contributed by atoms with van der Waals surface area (Å²) < 4.78 is 7.51. The standard InChI is InChI=1S/C27H34N4O3/c1-18-9-10-21(16-20(18)3)24-22(31-11-7-8-19(2)25(31)28-24)17-23(32)29-12-14-30(15-13-29)26(33)34-27(4,5)6/h7-11,16H,12-15,17H2,1-6H3. The van der Waals surface area contributed by atoms with Gasteiger partial charge in [-0.25, -0.2) is 9.78 Å². The average molecular weight is 463 g/mol. The summed E-state index contributed by atoms with van der Waals surface area (Å²) in [5.41, 5.74) is 6.58. The van der Waals surface area contributed by atoms with E-state index in [1.54, 1.807) is 4.90 Å². The van der Waals surface area contributed by atoms with Crippen LogP contribution in [0, 0.1) is 20.8 Å². The van der Waals surface area contributed by atoms with Crippen LogP contribution in [0.25, 0.3) is 16.9 Å². The minimum atomic E-state index is -0.532. The molecule has 2 aromatic heterocycles. The minimum Gasteiger partial charge on any atom is -0.444 e. The van der Waals surface area contributed by atoms with Crippen molar-refractivity contribution in [3.8, 4) is 11.3 Å². The molecule has 0 spiro atoms. The second-order valence-electron chi connectivity index (χ2n) is 10.1. The molecule has 0 saturated carbocycles. The van der Waals surface area contributed by atoms with E-state index in [1.165, 1.54) is 11.1 Å². The monoisotopic (exact) mass is 462 g/mol. The third-order valence-corrected chi connectivity index (χ3v) is 6.33. The summed E-state index contributed by atoms with van der Waals surface area (Å²) in [4.78, 5) is 34.2. The van der Waals surface area contributed by atoms with Gasteiger partial charge < -0.3 is 18.9 Å². The zero-order valence-electron chi connectivity index (χ0n) is 21.0. The normalized spacial score (nSPS) is 14.5. The summed E-state index contributed by atoms with van der Waals surface area (Å²) in [7, 11) is 0. The number of carbonyl (C=O) groups excluding carboxylic acids is 2. The number of aryl methyl sites for hydroxylation is 3. The van der Waals surface area contributed by atoms with Gasteiger partial charge in [-0.2, -0.15) is 0 Å². The summed E-state index contributed by atoms with van der Waals surface area (Å²) in [6.07, 6.45) is 1.90. The van der Waals surface area contributed by atoms with Gasteiger partial charge in [-0.1, -0.05) is 18.2 Å².